The molecule has 1 aliphatic heterocycles. The van der Waals surface area contributed by atoms with E-state index in [0.29, 0.717) is 11.1 Å². The van der Waals surface area contributed by atoms with Gasteiger partial charge in [0.05, 0.1) is 23.6 Å². The van der Waals surface area contributed by atoms with E-state index < -0.39 is 29.5 Å². The first kappa shape index (κ1) is 21.4. The van der Waals surface area contributed by atoms with Crippen LogP contribution in [-0.4, -0.2) is 50.4 Å². The zero-order chi connectivity index (χ0) is 23.8. The maximum Gasteiger partial charge on any atom is 0.309 e. The Morgan fingerprint density at radius 3 is 2.56 bits per heavy atom. The molecule has 3 amide bonds. The number of Topliss-reactive ketones (excluding diaryl/α,β-unsaturated/α-hetero) is 2. The van der Waals surface area contributed by atoms with Crippen molar-refractivity contribution in [3.05, 3.63) is 71.1 Å². The molecule has 2 heterocycles. The van der Waals surface area contributed by atoms with E-state index in [0.717, 1.165) is 4.90 Å². The van der Waals surface area contributed by atoms with Crippen LogP contribution in [0, 0.1) is 0 Å². The van der Waals surface area contributed by atoms with E-state index in [1.165, 1.54) is 6.07 Å². The summed E-state index contributed by atoms with van der Waals surface area (Å²) in [5.74, 6) is -2.51. The van der Waals surface area contributed by atoms with Crippen LogP contribution in [-0.2, 0) is 16.1 Å². The van der Waals surface area contributed by atoms with E-state index >= 15 is 0 Å². The third-order valence-electron chi connectivity index (χ3n) is 5.86. The van der Waals surface area contributed by atoms with Crippen molar-refractivity contribution >= 4 is 29.3 Å². The van der Waals surface area contributed by atoms with Crippen molar-refractivity contribution in [2.45, 2.75) is 31.8 Å². The Bertz CT molecular complexity index is 1350. The van der Waals surface area contributed by atoms with E-state index in [-0.39, 0.29) is 54.5 Å². The van der Waals surface area contributed by atoms with Crippen LogP contribution < -0.4 is 5.32 Å². The summed E-state index contributed by atoms with van der Waals surface area (Å²) in [5.41, 5.74) is 1.37. The number of amides is 3. The number of imide groups is 1. The van der Waals surface area contributed by atoms with E-state index in [9.17, 15) is 24.0 Å². The van der Waals surface area contributed by atoms with Gasteiger partial charge in [0.1, 0.15) is 5.78 Å². The van der Waals surface area contributed by atoms with Gasteiger partial charge in [-0.25, -0.2) is 0 Å². The van der Waals surface area contributed by atoms with Gasteiger partial charge >= 0.3 is 11.8 Å². The lowest BCUT2D eigenvalue weighted by atomic mass is 9.92. The molecule has 0 saturated heterocycles. The van der Waals surface area contributed by atoms with E-state index in [1.807, 2.05) is 6.07 Å². The van der Waals surface area contributed by atoms with Crippen LogP contribution >= 0.6 is 0 Å². The summed E-state index contributed by atoms with van der Waals surface area (Å²) in [5, 5.41) is 10.3. The highest BCUT2D eigenvalue weighted by Crippen LogP contribution is 2.31. The van der Waals surface area contributed by atoms with Gasteiger partial charge in [0.2, 0.25) is 5.89 Å². The smallest absolute Gasteiger partial charge is 0.309 e. The summed E-state index contributed by atoms with van der Waals surface area (Å²) >= 11 is 0. The number of hydrogen-bond acceptors (Lipinski definition) is 8. The highest BCUT2D eigenvalue weighted by atomic mass is 16.4. The lowest BCUT2D eigenvalue weighted by molar-refractivity contribution is -0.132. The maximum atomic E-state index is 13.1. The lowest BCUT2D eigenvalue weighted by Crippen LogP contribution is -2.47. The molecule has 2 aromatic carbocycles. The van der Waals surface area contributed by atoms with Crippen molar-refractivity contribution in [2.24, 2.45) is 0 Å². The highest BCUT2D eigenvalue weighted by molar-refractivity contribution is 6.24. The molecule has 170 valence electrons. The Morgan fingerprint density at radius 1 is 1.00 bits per heavy atom. The second-order valence-electron chi connectivity index (χ2n) is 8.02. The first-order valence-corrected chi connectivity index (χ1v) is 10.7. The molecule has 1 aliphatic carbocycles. The fourth-order valence-corrected chi connectivity index (χ4v) is 4.20. The van der Waals surface area contributed by atoms with Crippen molar-refractivity contribution in [1.29, 1.82) is 0 Å². The summed E-state index contributed by atoms with van der Waals surface area (Å²) < 4.78 is 5.44. The number of aromatic nitrogens is 2. The van der Waals surface area contributed by atoms with Crippen LogP contribution in [0.15, 0.2) is 52.9 Å². The molecular formula is C24H18N4O6. The molecule has 0 radical (unpaired) electrons. The van der Waals surface area contributed by atoms with Crippen LogP contribution in [0.4, 0.5) is 0 Å². The fraction of sp³-hybridized carbons (Fsp3) is 0.208. The minimum Gasteiger partial charge on any atom is -0.412 e. The van der Waals surface area contributed by atoms with Crippen LogP contribution in [0.2, 0.25) is 0 Å². The quantitative estimate of drug-likeness (QED) is 0.452. The first-order valence-electron chi connectivity index (χ1n) is 10.7. The third kappa shape index (κ3) is 3.68. The monoisotopic (exact) mass is 458 g/mol. The average molecular weight is 458 g/mol. The van der Waals surface area contributed by atoms with Crippen molar-refractivity contribution in [2.75, 3.05) is 0 Å². The Kier molecular flexibility index (Phi) is 5.33. The zero-order valence-electron chi connectivity index (χ0n) is 17.8. The van der Waals surface area contributed by atoms with Crippen molar-refractivity contribution < 1.29 is 28.4 Å². The van der Waals surface area contributed by atoms with Gasteiger partial charge < -0.3 is 9.73 Å². The van der Waals surface area contributed by atoms with Gasteiger partial charge in [-0.1, -0.05) is 30.3 Å². The molecule has 3 aromatic rings. The summed E-state index contributed by atoms with van der Waals surface area (Å²) in [6.45, 7) is -0.0744. The molecule has 34 heavy (non-hydrogen) atoms. The number of benzene rings is 2. The Labute approximate surface area is 193 Å². The summed E-state index contributed by atoms with van der Waals surface area (Å²) in [4.78, 5) is 63.5. The summed E-state index contributed by atoms with van der Waals surface area (Å²) in [7, 11) is 0. The number of carbonyl (C=O) groups is 5. The van der Waals surface area contributed by atoms with Crippen molar-refractivity contribution in [1.82, 2.24) is 20.4 Å². The molecule has 1 aromatic heterocycles. The molecular weight excluding hydrogens is 440 g/mol. The standard InChI is InChI=1S/C24H18N4O6/c29-15-9-10-17(18(30)11-15)28-23(32)16-8-4-7-14(19(16)24(28)33)12-25-20(31)22-27-26-21(34-22)13-5-2-1-3-6-13/h1-8,17H,9-12H2,(H,25,31). The highest BCUT2D eigenvalue weighted by Gasteiger charge is 2.45. The van der Waals surface area contributed by atoms with Crippen molar-refractivity contribution in [3.63, 3.8) is 0 Å². The average Bonchev–Trinajstić information content (AvgIpc) is 3.43. The van der Waals surface area contributed by atoms with Gasteiger partial charge in [-0.05, 0) is 30.2 Å². The minimum absolute atomic E-state index is 0.0744. The predicted octanol–water partition coefficient (Wildman–Crippen LogP) is 1.95. The van der Waals surface area contributed by atoms with Crippen molar-refractivity contribution in [3.8, 4) is 11.5 Å². The minimum atomic E-state index is -0.956. The second kappa shape index (κ2) is 8.47. The molecule has 1 fully saturated rings. The molecule has 0 spiro atoms. The zero-order valence-corrected chi connectivity index (χ0v) is 17.8. The number of ketones is 2. The Hall–Kier alpha value is -4.47. The van der Waals surface area contributed by atoms with E-state index in [4.69, 9.17) is 4.42 Å². The topological polar surface area (TPSA) is 140 Å². The molecule has 10 heteroatoms. The SMILES string of the molecule is O=C1CCC(N2C(=O)c3cccc(CNC(=O)c4nnc(-c5ccccc5)o4)c3C2=O)C(=O)C1. The molecule has 1 N–H and O–H groups in total. The van der Waals surface area contributed by atoms with Crippen LogP contribution in [0.25, 0.3) is 11.5 Å². The maximum absolute atomic E-state index is 13.1. The Balaban J connectivity index is 1.33. The molecule has 1 atom stereocenters. The Morgan fingerprint density at radius 2 is 1.79 bits per heavy atom. The van der Waals surface area contributed by atoms with Crippen LogP contribution in [0.1, 0.15) is 56.2 Å². The molecule has 0 bridgehead atoms. The molecule has 2 aliphatic rings. The molecule has 5 rings (SSSR count). The molecule has 1 unspecified atom stereocenters. The summed E-state index contributed by atoms with van der Waals surface area (Å²) in [6.07, 6.45) is -0.0197. The normalized spacial score (nSPS) is 17.8. The molecule has 1 saturated carbocycles. The number of nitrogens with one attached hydrogen (secondary N) is 1. The van der Waals surface area contributed by atoms with Gasteiger partial charge in [-0.15, -0.1) is 10.2 Å². The lowest BCUT2D eigenvalue weighted by Gasteiger charge is -2.27. The van der Waals surface area contributed by atoms with Gasteiger partial charge in [0.15, 0.2) is 5.78 Å². The van der Waals surface area contributed by atoms with Crippen LogP contribution in [0.3, 0.4) is 0 Å². The number of fused-ring (bicyclic) bond motifs is 1. The van der Waals surface area contributed by atoms with Gasteiger partial charge in [0, 0.05) is 18.5 Å². The van der Waals surface area contributed by atoms with E-state index in [1.54, 1.807) is 36.4 Å². The summed E-state index contributed by atoms with van der Waals surface area (Å²) in [6, 6.07) is 12.7. The van der Waals surface area contributed by atoms with Gasteiger partial charge in [0.25, 0.3) is 11.8 Å². The second-order valence-corrected chi connectivity index (χ2v) is 8.02. The predicted molar refractivity (Wildman–Crippen MR) is 115 cm³/mol. The largest absolute Gasteiger partial charge is 0.412 e. The number of rotatable bonds is 5. The van der Waals surface area contributed by atoms with E-state index in [2.05, 4.69) is 15.5 Å². The number of nitrogens with zero attached hydrogens (tertiary/aromatic N) is 3. The number of hydrogen-bond donors (Lipinski definition) is 1. The van der Waals surface area contributed by atoms with Gasteiger partial charge in [-0.3, -0.25) is 28.9 Å². The third-order valence-corrected chi connectivity index (χ3v) is 5.86. The fourth-order valence-electron chi connectivity index (χ4n) is 4.20. The first-order chi connectivity index (χ1) is 16.4. The number of carbonyl (C=O) groups excluding carboxylic acids is 5. The van der Waals surface area contributed by atoms with Crippen LogP contribution in [0.5, 0.6) is 0 Å². The molecule has 10 nitrogen and oxygen atoms in total. The van der Waals surface area contributed by atoms with Gasteiger partial charge in [-0.2, -0.15) is 0 Å².